The zero-order chi connectivity index (χ0) is 15.2. The molecular weight excluding hydrogens is 306 g/mol. The number of hydrogen-bond acceptors (Lipinski definition) is 3. The van der Waals surface area contributed by atoms with Crippen molar-refractivity contribution < 1.29 is 9.90 Å². The molecule has 0 fully saturated rings. The van der Waals surface area contributed by atoms with Gasteiger partial charge < -0.3 is 10.4 Å². The molecule has 1 amide bonds. The molecule has 0 aliphatic carbocycles. The fourth-order valence-electron chi connectivity index (χ4n) is 1.75. The number of amides is 1. The van der Waals surface area contributed by atoms with Crippen LogP contribution in [0.4, 0.5) is 0 Å². The number of rotatable bonds is 3. The Morgan fingerprint density at radius 2 is 2.19 bits per heavy atom. The molecule has 21 heavy (non-hydrogen) atoms. The molecule has 2 rings (SSSR count). The molecule has 0 radical (unpaired) electrons. The predicted octanol–water partition coefficient (Wildman–Crippen LogP) is 2.98. The standard InChI is InChI=1S/C16H14ClNO2S/c1-11-4-5-13(9-12(11)3-2-8-19)16(20)18-10-14-6-7-15(17)21-14/h4-7,9,19H,8,10H2,1H3,(H,18,20). The van der Waals surface area contributed by atoms with E-state index in [9.17, 15) is 4.79 Å². The summed E-state index contributed by atoms with van der Waals surface area (Å²) in [5.74, 6) is 5.27. The van der Waals surface area contributed by atoms with Crippen LogP contribution in [0.1, 0.15) is 26.4 Å². The first-order valence-corrected chi connectivity index (χ1v) is 7.52. The first-order valence-electron chi connectivity index (χ1n) is 6.33. The van der Waals surface area contributed by atoms with E-state index in [0.29, 0.717) is 16.4 Å². The lowest BCUT2D eigenvalue weighted by atomic mass is 10.0. The summed E-state index contributed by atoms with van der Waals surface area (Å²) in [4.78, 5) is 13.1. The van der Waals surface area contributed by atoms with Crippen molar-refractivity contribution in [2.45, 2.75) is 13.5 Å². The minimum atomic E-state index is -0.199. The van der Waals surface area contributed by atoms with Crippen molar-refractivity contribution in [3.8, 4) is 11.8 Å². The fourth-order valence-corrected chi connectivity index (χ4v) is 2.78. The van der Waals surface area contributed by atoms with Gasteiger partial charge in [0.05, 0.1) is 10.9 Å². The summed E-state index contributed by atoms with van der Waals surface area (Å²) in [5, 5.41) is 11.6. The van der Waals surface area contributed by atoms with Crippen molar-refractivity contribution in [3.05, 3.63) is 56.2 Å². The number of aliphatic hydroxyl groups is 1. The Morgan fingerprint density at radius 1 is 1.38 bits per heavy atom. The lowest BCUT2D eigenvalue weighted by Crippen LogP contribution is -2.22. The third-order valence-electron chi connectivity index (χ3n) is 2.85. The number of aryl methyl sites for hydroxylation is 1. The first kappa shape index (κ1) is 15.6. The molecule has 5 heteroatoms. The van der Waals surface area contributed by atoms with E-state index in [-0.39, 0.29) is 12.5 Å². The molecule has 2 N–H and O–H groups in total. The third-order valence-corrected chi connectivity index (χ3v) is 4.09. The van der Waals surface area contributed by atoms with Crippen LogP contribution < -0.4 is 5.32 Å². The molecule has 1 aromatic carbocycles. The Morgan fingerprint density at radius 3 is 2.86 bits per heavy atom. The summed E-state index contributed by atoms with van der Waals surface area (Å²) in [6, 6.07) is 9.03. The lowest BCUT2D eigenvalue weighted by Gasteiger charge is -2.06. The summed E-state index contributed by atoms with van der Waals surface area (Å²) in [7, 11) is 0. The summed E-state index contributed by atoms with van der Waals surface area (Å²) in [6.07, 6.45) is 0. The van der Waals surface area contributed by atoms with Crippen LogP contribution in [0.3, 0.4) is 0 Å². The van der Waals surface area contributed by atoms with Crippen molar-refractivity contribution in [2.75, 3.05) is 6.61 Å². The molecule has 0 aliphatic rings. The SMILES string of the molecule is Cc1ccc(C(=O)NCc2ccc(Cl)s2)cc1C#CCO. The summed E-state index contributed by atoms with van der Waals surface area (Å²) < 4.78 is 0.705. The van der Waals surface area contributed by atoms with E-state index in [1.165, 1.54) is 11.3 Å². The van der Waals surface area contributed by atoms with Gasteiger partial charge in [-0.25, -0.2) is 0 Å². The minimum Gasteiger partial charge on any atom is -0.384 e. The maximum absolute atomic E-state index is 12.1. The molecule has 1 heterocycles. The van der Waals surface area contributed by atoms with Crippen LogP contribution in [-0.4, -0.2) is 17.6 Å². The number of nitrogens with one attached hydrogen (secondary N) is 1. The van der Waals surface area contributed by atoms with Gasteiger partial charge in [-0.1, -0.05) is 29.5 Å². The van der Waals surface area contributed by atoms with Gasteiger partial charge in [-0.15, -0.1) is 11.3 Å². The van der Waals surface area contributed by atoms with Gasteiger partial charge in [-0.05, 0) is 36.8 Å². The second-order valence-corrected chi connectivity index (χ2v) is 6.18. The molecule has 108 valence electrons. The second kappa shape index (κ2) is 7.28. The minimum absolute atomic E-state index is 0.161. The maximum Gasteiger partial charge on any atom is 0.251 e. The molecule has 0 spiro atoms. The van der Waals surface area contributed by atoms with Gasteiger partial charge in [0, 0.05) is 16.0 Å². The third kappa shape index (κ3) is 4.33. The van der Waals surface area contributed by atoms with E-state index in [1.54, 1.807) is 12.1 Å². The van der Waals surface area contributed by atoms with Crippen LogP contribution in [0.2, 0.25) is 4.34 Å². The zero-order valence-corrected chi connectivity index (χ0v) is 13.0. The van der Waals surface area contributed by atoms with E-state index >= 15 is 0 Å². The maximum atomic E-state index is 12.1. The van der Waals surface area contributed by atoms with Crippen molar-refractivity contribution in [3.63, 3.8) is 0 Å². The van der Waals surface area contributed by atoms with Crippen LogP contribution in [0.25, 0.3) is 0 Å². The molecule has 0 saturated carbocycles. The van der Waals surface area contributed by atoms with Crippen LogP contribution >= 0.6 is 22.9 Å². The van der Waals surface area contributed by atoms with Gasteiger partial charge in [0.1, 0.15) is 6.61 Å². The average Bonchev–Trinajstić information content (AvgIpc) is 2.89. The number of carbonyl (C=O) groups excluding carboxylic acids is 1. The molecule has 3 nitrogen and oxygen atoms in total. The number of benzene rings is 1. The smallest absolute Gasteiger partial charge is 0.251 e. The number of halogens is 1. The van der Waals surface area contributed by atoms with Crippen molar-refractivity contribution in [1.82, 2.24) is 5.32 Å². The summed E-state index contributed by atoms with van der Waals surface area (Å²) >= 11 is 7.29. The number of carbonyl (C=O) groups is 1. The van der Waals surface area contributed by atoms with Crippen molar-refractivity contribution in [2.24, 2.45) is 0 Å². The molecular formula is C16H14ClNO2S. The number of aliphatic hydroxyl groups excluding tert-OH is 1. The van der Waals surface area contributed by atoms with Gasteiger partial charge >= 0.3 is 0 Å². The first-order chi connectivity index (χ1) is 10.1. The van der Waals surface area contributed by atoms with Gasteiger partial charge in [0.15, 0.2) is 0 Å². The zero-order valence-electron chi connectivity index (χ0n) is 11.4. The molecule has 1 aromatic heterocycles. The monoisotopic (exact) mass is 319 g/mol. The van der Waals surface area contributed by atoms with Crippen molar-refractivity contribution in [1.29, 1.82) is 0 Å². The van der Waals surface area contributed by atoms with Crippen LogP contribution in [-0.2, 0) is 6.54 Å². The molecule has 0 aliphatic heterocycles. The molecule has 0 unspecified atom stereocenters. The predicted molar refractivity (Wildman–Crippen MR) is 85.6 cm³/mol. The quantitative estimate of drug-likeness (QED) is 0.855. The van der Waals surface area contributed by atoms with E-state index in [2.05, 4.69) is 17.2 Å². The van der Waals surface area contributed by atoms with Crippen LogP contribution in [0.5, 0.6) is 0 Å². The number of thiophene rings is 1. The molecule has 0 saturated heterocycles. The normalized spacial score (nSPS) is 9.86. The van der Waals surface area contributed by atoms with Gasteiger partial charge in [0.25, 0.3) is 5.91 Å². The van der Waals surface area contributed by atoms with Gasteiger partial charge in [-0.2, -0.15) is 0 Å². The topological polar surface area (TPSA) is 49.3 Å². The van der Waals surface area contributed by atoms with Crippen LogP contribution in [0.15, 0.2) is 30.3 Å². The highest BCUT2D eigenvalue weighted by molar-refractivity contribution is 7.16. The van der Waals surface area contributed by atoms with Gasteiger partial charge in [-0.3, -0.25) is 4.79 Å². The molecule has 2 aromatic rings. The highest BCUT2D eigenvalue weighted by atomic mass is 35.5. The lowest BCUT2D eigenvalue weighted by molar-refractivity contribution is 0.0951. The Balaban J connectivity index is 2.08. The fraction of sp³-hybridized carbons (Fsp3) is 0.188. The van der Waals surface area contributed by atoms with E-state index in [0.717, 1.165) is 16.0 Å². The highest BCUT2D eigenvalue weighted by Gasteiger charge is 2.08. The van der Waals surface area contributed by atoms with Crippen LogP contribution in [0, 0.1) is 18.8 Å². The molecule has 0 bridgehead atoms. The summed E-state index contributed by atoms with van der Waals surface area (Å²) in [5.41, 5.74) is 2.26. The van der Waals surface area contributed by atoms with E-state index in [1.807, 2.05) is 25.1 Å². The van der Waals surface area contributed by atoms with E-state index < -0.39 is 0 Å². The number of hydrogen-bond donors (Lipinski definition) is 2. The highest BCUT2D eigenvalue weighted by Crippen LogP contribution is 2.21. The second-order valence-electron chi connectivity index (χ2n) is 4.38. The van der Waals surface area contributed by atoms with Gasteiger partial charge in [0.2, 0.25) is 0 Å². The Bertz CT molecular complexity index is 713. The summed E-state index contributed by atoms with van der Waals surface area (Å²) in [6.45, 7) is 2.16. The molecule has 0 atom stereocenters. The Kier molecular flexibility index (Phi) is 5.40. The Hall–Kier alpha value is -1.80. The van der Waals surface area contributed by atoms with Crippen molar-refractivity contribution >= 4 is 28.8 Å². The Labute approximate surface area is 132 Å². The van der Waals surface area contributed by atoms with E-state index in [4.69, 9.17) is 16.7 Å². The average molecular weight is 320 g/mol. The largest absolute Gasteiger partial charge is 0.384 e.